The molecular weight excluding hydrogens is 210 g/mol. The molecule has 0 bridgehead atoms. The number of benzene rings is 1. The molecule has 1 saturated heterocycles. The van der Waals surface area contributed by atoms with E-state index in [1.807, 2.05) is 0 Å². The maximum absolute atomic E-state index is 5.78. The van der Waals surface area contributed by atoms with Gasteiger partial charge in [0.1, 0.15) is 5.75 Å². The summed E-state index contributed by atoms with van der Waals surface area (Å²) in [4.78, 5) is 0. The summed E-state index contributed by atoms with van der Waals surface area (Å²) in [7, 11) is 0. The van der Waals surface area contributed by atoms with Crippen molar-refractivity contribution in [3.05, 3.63) is 29.8 Å². The summed E-state index contributed by atoms with van der Waals surface area (Å²) in [6, 6.07) is 8.51. The van der Waals surface area contributed by atoms with Crippen molar-refractivity contribution in [3.63, 3.8) is 0 Å². The lowest BCUT2D eigenvalue weighted by atomic mass is 9.66. The highest BCUT2D eigenvalue weighted by Gasteiger charge is 2.43. The van der Waals surface area contributed by atoms with E-state index in [2.05, 4.69) is 43.4 Å². The first-order valence-corrected chi connectivity index (χ1v) is 6.64. The highest BCUT2D eigenvalue weighted by molar-refractivity contribution is 5.39. The van der Waals surface area contributed by atoms with Crippen LogP contribution in [0.5, 0.6) is 5.75 Å². The van der Waals surface area contributed by atoms with Gasteiger partial charge in [0, 0.05) is 24.6 Å². The summed E-state index contributed by atoms with van der Waals surface area (Å²) in [5.41, 5.74) is 1.91. The van der Waals surface area contributed by atoms with Gasteiger partial charge in [-0.3, -0.25) is 0 Å². The standard InChI is InChI=1S/C15H21NO/c1-11(2)15(9-16-10-15)7-12-8-17-14-6-4-3-5-13(12)14/h3-6,11-12,16H,7-10H2,1-2H3. The van der Waals surface area contributed by atoms with E-state index in [4.69, 9.17) is 4.74 Å². The lowest BCUT2D eigenvalue weighted by molar-refractivity contribution is 0.0738. The minimum atomic E-state index is 0.492. The van der Waals surface area contributed by atoms with E-state index >= 15 is 0 Å². The monoisotopic (exact) mass is 231 g/mol. The molecule has 0 aliphatic carbocycles. The first kappa shape index (κ1) is 11.1. The largest absolute Gasteiger partial charge is 0.493 e. The maximum atomic E-state index is 5.78. The van der Waals surface area contributed by atoms with Gasteiger partial charge in [-0.25, -0.2) is 0 Å². The van der Waals surface area contributed by atoms with Crippen LogP contribution < -0.4 is 10.1 Å². The third-order valence-corrected chi connectivity index (χ3v) is 4.63. The summed E-state index contributed by atoms with van der Waals surface area (Å²) in [5.74, 6) is 2.44. The molecule has 0 aromatic heterocycles. The SMILES string of the molecule is CC(C)C1(CC2COc3ccccc32)CNC1. The zero-order valence-electron chi connectivity index (χ0n) is 10.7. The first-order chi connectivity index (χ1) is 8.21. The van der Waals surface area contributed by atoms with Crippen molar-refractivity contribution in [1.29, 1.82) is 0 Å². The van der Waals surface area contributed by atoms with Crippen LogP contribution in [0.2, 0.25) is 0 Å². The zero-order valence-corrected chi connectivity index (χ0v) is 10.7. The summed E-state index contributed by atoms with van der Waals surface area (Å²) in [5, 5.41) is 3.44. The Morgan fingerprint density at radius 1 is 1.35 bits per heavy atom. The van der Waals surface area contributed by atoms with Crippen LogP contribution in [0.15, 0.2) is 24.3 Å². The molecule has 2 heterocycles. The predicted molar refractivity (Wildman–Crippen MR) is 69.4 cm³/mol. The van der Waals surface area contributed by atoms with E-state index < -0.39 is 0 Å². The molecule has 0 saturated carbocycles. The lowest BCUT2D eigenvalue weighted by Crippen LogP contribution is -2.57. The summed E-state index contributed by atoms with van der Waals surface area (Å²) in [6.45, 7) is 7.91. The molecule has 0 spiro atoms. The fraction of sp³-hybridized carbons (Fsp3) is 0.600. The molecule has 1 N–H and O–H groups in total. The van der Waals surface area contributed by atoms with E-state index in [0.29, 0.717) is 11.3 Å². The molecule has 1 aromatic rings. The molecule has 0 amide bonds. The lowest BCUT2D eigenvalue weighted by Gasteiger charge is -2.47. The minimum absolute atomic E-state index is 0.492. The van der Waals surface area contributed by atoms with Gasteiger partial charge in [-0.1, -0.05) is 32.0 Å². The van der Waals surface area contributed by atoms with Crippen LogP contribution in [0.25, 0.3) is 0 Å². The number of hydrogen-bond donors (Lipinski definition) is 1. The number of fused-ring (bicyclic) bond motifs is 1. The minimum Gasteiger partial charge on any atom is -0.493 e. The van der Waals surface area contributed by atoms with E-state index in [-0.39, 0.29) is 0 Å². The fourth-order valence-corrected chi connectivity index (χ4v) is 3.12. The van der Waals surface area contributed by atoms with Crippen molar-refractivity contribution in [1.82, 2.24) is 5.32 Å². The number of ether oxygens (including phenoxy) is 1. The molecule has 1 fully saturated rings. The maximum Gasteiger partial charge on any atom is 0.122 e. The van der Waals surface area contributed by atoms with Gasteiger partial charge in [0.05, 0.1) is 6.61 Å². The van der Waals surface area contributed by atoms with Gasteiger partial charge in [-0.2, -0.15) is 0 Å². The molecule has 92 valence electrons. The molecule has 1 aromatic carbocycles. The Morgan fingerprint density at radius 3 is 2.76 bits per heavy atom. The highest BCUT2D eigenvalue weighted by Crippen LogP contribution is 2.45. The Hall–Kier alpha value is -1.02. The van der Waals surface area contributed by atoms with Crippen molar-refractivity contribution >= 4 is 0 Å². The average molecular weight is 231 g/mol. The van der Waals surface area contributed by atoms with Crippen LogP contribution in [-0.4, -0.2) is 19.7 Å². The normalized spacial score (nSPS) is 25.2. The van der Waals surface area contributed by atoms with E-state index in [0.717, 1.165) is 18.3 Å². The van der Waals surface area contributed by atoms with Crippen LogP contribution in [0.3, 0.4) is 0 Å². The zero-order chi connectivity index (χ0) is 11.9. The van der Waals surface area contributed by atoms with E-state index in [9.17, 15) is 0 Å². The van der Waals surface area contributed by atoms with Gasteiger partial charge < -0.3 is 10.1 Å². The van der Waals surface area contributed by atoms with Crippen LogP contribution in [0.1, 0.15) is 31.7 Å². The molecular formula is C15H21NO. The van der Waals surface area contributed by atoms with Crippen LogP contribution in [-0.2, 0) is 0 Å². The highest BCUT2D eigenvalue weighted by atomic mass is 16.5. The predicted octanol–water partition coefficient (Wildman–Crippen LogP) is 2.80. The average Bonchev–Trinajstić information content (AvgIpc) is 2.66. The summed E-state index contributed by atoms with van der Waals surface area (Å²) >= 11 is 0. The second kappa shape index (κ2) is 4.02. The molecule has 2 nitrogen and oxygen atoms in total. The van der Waals surface area contributed by atoms with E-state index in [1.165, 1.54) is 25.1 Å². The molecule has 3 rings (SSSR count). The van der Waals surface area contributed by atoms with Gasteiger partial charge in [-0.05, 0) is 23.8 Å². The molecule has 2 aliphatic heterocycles. The molecule has 2 heteroatoms. The van der Waals surface area contributed by atoms with E-state index in [1.54, 1.807) is 0 Å². The van der Waals surface area contributed by atoms with Gasteiger partial charge in [0.15, 0.2) is 0 Å². The Kier molecular flexibility index (Phi) is 2.62. The molecule has 0 radical (unpaired) electrons. The Bertz CT molecular complexity index is 409. The second-order valence-corrected chi connectivity index (χ2v) is 5.87. The molecule has 1 unspecified atom stereocenters. The molecule has 17 heavy (non-hydrogen) atoms. The Balaban J connectivity index is 1.79. The number of rotatable bonds is 3. The smallest absolute Gasteiger partial charge is 0.122 e. The van der Waals surface area contributed by atoms with Gasteiger partial charge in [-0.15, -0.1) is 0 Å². The fourth-order valence-electron chi connectivity index (χ4n) is 3.12. The van der Waals surface area contributed by atoms with Gasteiger partial charge >= 0.3 is 0 Å². The quantitative estimate of drug-likeness (QED) is 0.863. The molecule has 1 atom stereocenters. The van der Waals surface area contributed by atoms with Gasteiger partial charge in [0.25, 0.3) is 0 Å². The number of hydrogen-bond acceptors (Lipinski definition) is 2. The van der Waals surface area contributed by atoms with Crippen molar-refractivity contribution < 1.29 is 4.74 Å². The van der Waals surface area contributed by atoms with Crippen LogP contribution in [0, 0.1) is 11.3 Å². The number of para-hydroxylation sites is 1. The second-order valence-electron chi connectivity index (χ2n) is 5.87. The third kappa shape index (κ3) is 1.75. The topological polar surface area (TPSA) is 21.3 Å². The van der Waals surface area contributed by atoms with Gasteiger partial charge in [0.2, 0.25) is 0 Å². The van der Waals surface area contributed by atoms with Crippen molar-refractivity contribution in [2.45, 2.75) is 26.2 Å². The van der Waals surface area contributed by atoms with Crippen LogP contribution in [0.4, 0.5) is 0 Å². The van der Waals surface area contributed by atoms with Crippen molar-refractivity contribution in [2.24, 2.45) is 11.3 Å². The Morgan fingerprint density at radius 2 is 2.12 bits per heavy atom. The van der Waals surface area contributed by atoms with Crippen LogP contribution >= 0.6 is 0 Å². The molecule has 2 aliphatic rings. The number of nitrogens with one attached hydrogen (secondary N) is 1. The Labute approximate surface area is 103 Å². The third-order valence-electron chi connectivity index (χ3n) is 4.63. The summed E-state index contributed by atoms with van der Waals surface area (Å²) in [6.07, 6.45) is 1.26. The first-order valence-electron chi connectivity index (χ1n) is 6.64. The summed E-state index contributed by atoms with van der Waals surface area (Å²) < 4.78 is 5.78. The van der Waals surface area contributed by atoms with Crippen molar-refractivity contribution in [3.8, 4) is 5.75 Å². The van der Waals surface area contributed by atoms with Crippen molar-refractivity contribution in [2.75, 3.05) is 19.7 Å².